The first-order chi connectivity index (χ1) is 11.5. The third-order valence-corrected chi connectivity index (χ3v) is 4.16. The van der Waals surface area contributed by atoms with Crippen molar-refractivity contribution in [1.29, 1.82) is 0 Å². The largest absolute Gasteiger partial charge is 0.302 e. The van der Waals surface area contributed by atoms with Gasteiger partial charge < -0.3 is 4.90 Å². The van der Waals surface area contributed by atoms with Gasteiger partial charge in [0.1, 0.15) is 0 Å². The Kier molecular flexibility index (Phi) is 4.81. The van der Waals surface area contributed by atoms with Gasteiger partial charge in [0, 0.05) is 32.0 Å². The lowest BCUT2D eigenvalue weighted by atomic mass is 10.1. The molecule has 0 atom stereocenters. The second kappa shape index (κ2) is 7.01. The molecule has 0 saturated heterocycles. The smallest absolute Gasteiger partial charge is 0.0651 e. The molecule has 0 aliphatic rings. The molecule has 5 nitrogen and oxygen atoms in total. The average Bonchev–Trinajstić information content (AvgIpc) is 3.10. The molecule has 2 aromatic heterocycles. The van der Waals surface area contributed by atoms with Crippen LogP contribution in [0.2, 0.25) is 0 Å². The van der Waals surface area contributed by atoms with E-state index in [0.29, 0.717) is 0 Å². The fourth-order valence-corrected chi connectivity index (χ4v) is 2.99. The van der Waals surface area contributed by atoms with Gasteiger partial charge >= 0.3 is 0 Å². The Labute approximate surface area is 143 Å². The number of aryl methyl sites for hydroxylation is 3. The van der Waals surface area contributed by atoms with Crippen LogP contribution in [0.3, 0.4) is 0 Å². The lowest BCUT2D eigenvalue weighted by molar-refractivity contribution is 0.331. The van der Waals surface area contributed by atoms with Crippen LogP contribution in [-0.4, -0.2) is 38.1 Å². The minimum atomic E-state index is 0.924. The normalized spacial score (nSPS) is 11.4. The summed E-state index contributed by atoms with van der Waals surface area (Å²) < 4.78 is 3.86. The number of hydrogen-bond donors (Lipinski definition) is 0. The first-order valence-electron chi connectivity index (χ1n) is 8.30. The molecular formula is C19H25N5. The van der Waals surface area contributed by atoms with Crippen LogP contribution >= 0.6 is 0 Å². The third-order valence-electron chi connectivity index (χ3n) is 4.16. The zero-order valence-corrected chi connectivity index (χ0v) is 14.9. The Morgan fingerprint density at radius 3 is 2.62 bits per heavy atom. The summed E-state index contributed by atoms with van der Waals surface area (Å²) in [5.74, 6) is 0. The Bertz CT molecular complexity index is 815. The predicted octanol–water partition coefficient (Wildman–Crippen LogP) is 2.90. The van der Waals surface area contributed by atoms with Crippen LogP contribution in [0.1, 0.15) is 22.5 Å². The molecule has 0 fully saturated rings. The van der Waals surface area contributed by atoms with Gasteiger partial charge in [0.15, 0.2) is 0 Å². The van der Waals surface area contributed by atoms with Crippen molar-refractivity contribution in [1.82, 2.24) is 24.5 Å². The Morgan fingerprint density at radius 1 is 1.12 bits per heavy atom. The molecule has 0 saturated carbocycles. The Hall–Kier alpha value is -2.40. The van der Waals surface area contributed by atoms with Crippen LogP contribution in [0, 0.1) is 13.8 Å². The van der Waals surface area contributed by atoms with Gasteiger partial charge in [-0.3, -0.25) is 4.68 Å². The third kappa shape index (κ3) is 3.92. The Balaban J connectivity index is 1.64. The lowest BCUT2D eigenvalue weighted by Gasteiger charge is -2.17. The maximum Gasteiger partial charge on any atom is 0.0651 e. The van der Waals surface area contributed by atoms with Gasteiger partial charge in [-0.2, -0.15) is 10.2 Å². The van der Waals surface area contributed by atoms with Gasteiger partial charge in [0.05, 0.1) is 17.6 Å². The molecule has 0 amide bonds. The first-order valence-corrected chi connectivity index (χ1v) is 8.30. The summed E-state index contributed by atoms with van der Waals surface area (Å²) >= 11 is 0. The number of hydrogen-bond acceptors (Lipinski definition) is 3. The summed E-state index contributed by atoms with van der Waals surface area (Å²) in [4.78, 5) is 2.34. The van der Waals surface area contributed by atoms with E-state index in [4.69, 9.17) is 0 Å². The first kappa shape index (κ1) is 16.5. The van der Waals surface area contributed by atoms with E-state index in [1.54, 1.807) is 0 Å². The highest BCUT2D eigenvalue weighted by atomic mass is 15.3. The van der Waals surface area contributed by atoms with E-state index in [2.05, 4.69) is 65.6 Å². The van der Waals surface area contributed by atoms with Crippen molar-refractivity contribution in [3.63, 3.8) is 0 Å². The standard InChI is InChI=1S/C19H25N5/c1-15-10-16(2)24(21-15)19-7-5-6-17(11-19)13-22(3)9-8-18-12-20-23(4)14-18/h5-7,10-12,14H,8-9,13H2,1-4H3. The number of nitrogens with zero attached hydrogens (tertiary/aromatic N) is 5. The molecule has 24 heavy (non-hydrogen) atoms. The molecule has 0 aliphatic carbocycles. The second-order valence-corrected chi connectivity index (χ2v) is 6.52. The molecule has 0 N–H and O–H groups in total. The molecule has 0 aliphatic heterocycles. The minimum Gasteiger partial charge on any atom is -0.302 e. The van der Waals surface area contributed by atoms with Gasteiger partial charge in [-0.15, -0.1) is 0 Å². The highest BCUT2D eigenvalue weighted by Gasteiger charge is 2.06. The van der Waals surface area contributed by atoms with E-state index < -0.39 is 0 Å². The average molecular weight is 323 g/mol. The molecule has 5 heteroatoms. The summed E-state index contributed by atoms with van der Waals surface area (Å²) in [5.41, 5.74) is 5.91. The highest BCUT2D eigenvalue weighted by molar-refractivity contribution is 5.37. The van der Waals surface area contributed by atoms with Gasteiger partial charge in [-0.25, -0.2) is 4.68 Å². The van der Waals surface area contributed by atoms with Crippen LogP contribution < -0.4 is 0 Å². The van der Waals surface area contributed by atoms with Crippen molar-refractivity contribution in [2.75, 3.05) is 13.6 Å². The minimum absolute atomic E-state index is 0.924. The quantitative estimate of drug-likeness (QED) is 0.700. The molecule has 0 unspecified atom stereocenters. The van der Waals surface area contributed by atoms with Gasteiger partial charge in [-0.05, 0) is 56.6 Å². The summed E-state index contributed by atoms with van der Waals surface area (Å²) in [6.45, 7) is 6.05. The number of benzene rings is 1. The summed E-state index contributed by atoms with van der Waals surface area (Å²) in [6.07, 6.45) is 5.04. The number of likely N-dealkylation sites (N-methyl/N-ethyl adjacent to an activating group) is 1. The molecule has 0 bridgehead atoms. The summed E-state index contributed by atoms with van der Waals surface area (Å²) in [7, 11) is 4.12. The zero-order valence-electron chi connectivity index (χ0n) is 14.9. The predicted molar refractivity (Wildman–Crippen MR) is 96.3 cm³/mol. The summed E-state index contributed by atoms with van der Waals surface area (Å²) in [6, 6.07) is 10.7. The topological polar surface area (TPSA) is 38.9 Å². The Morgan fingerprint density at radius 2 is 1.96 bits per heavy atom. The molecule has 0 radical (unpaired) electrons. The lowest BCUT2D eigenvalue weighted by Crippen LogP contribution is -2.20. The van der Waals surface area contributed by atoms with Crippen molar-refractivity contribution in [3.05, 3.63) is 65.2 Å². The zero-order chi connectivity index (χ0) is 17.1. The SMILES string of the molecule is Cc1cc(C)n(-c2cccc(CN(C)CCc3cnn(C)c3)c2)n1. The number of rotatable bonds is 6. The number of aromatic nitrogens is 4. The van der Waals surface area contributed by atoms with Crippen LogP contribution in [0.25, 0.3) is 5.69 Å². The van der Waals surface area contributed by atoms with Gasteiger partial charge in [-0.1, -0.05) is 12.1 Å². The fraction of sp³-hybridized carbons (Fsp3) is 0.368. The van der Waals surface area contributed by atoms with E-state index >= 15 is 0 Å². The van der Waals surface area contributed by atoms with E-state index in [-0.39, 0.29) is 0 Å². The molecule has 126 valence electrons. The molecule has 1 aromatic carbocycles. The molecular weight excluding hydrogens is 298 g/mol. The highest BCUT2D eigenvalue weighted by Crippen LogP contribution is 2.15. The maximum atomic E-state index is 4.57. The van der Waals surface area contributed by atoms with E-state index in [0.717, 1.165) is 36.6 Å². The van der Waals surface area contributed by atoms with Gasteiger partial charge in [0.25, 0.3) is 0 Å². The van der Waals surface area contributed by atoms with Gasteiger partial charge in [0.2, 0.25) is 0 Å². The van der Waals surface area contributed by atoms with Crippen LogP contribution in [0.15, 0.2) is 42.7 Å². The molecule has 3 rings (SSSR count). The van der Waals surface area contributed by atoms with E-state index in [1.807, 2.05) is 29.5 Å². The molecule has 0 spiro atoms. The van der Waals surface area contributed by atoms with Crippen molar-refractivity contribution < 1.29 is 0 Å². The van der Waals surface area contributed by atoms with Crippen LogP contribution in [0.5, 0.6) is 0 Å². The second-order valence-electron chi connectivity index (χ2n) is 6.52. The van der Waals surface area contributed by atoms with Crippen molar-refractivity contribution in [2.45, 2.75) is 26.8 Å². The van der Waals surface area contributed by atoms with Crippen LogP contribution in [-0.2, 0) is 20.0 Å². The van der Waals surface area contributed by atoms with Crippen molar-refractivity contribution in [2.24, 2.45) is 7.05 Å². The molecule has 3 aromatic rings. The monoisotopic (exact) mass is 323 g/mol. The summed E-state index contributed by atoms with van der Waals surface area (Å²) in [5, 5.41) is 8.80. The van der Waals surface area contributed by atoms with Crippen molar-refractivity contribution in [3.8, 4) is 5.69 Å². The van der Waals surface area contributed by atoms with Crippen LogP contribution in [0.4, 0.5) is 0 Å². The maximum absolute atomic E-state index is 4.57. The fourth-order valence-electron chi connectivity index (χ4n) is 2.99. The van der Waals surface area contributed by atoms with Crippen molar-refractivity contribution >= 4 is 0 Å². The molecule has 2 heterocycles. The van der Waals surface area contributed by atoms with E-state index in [9.17, 15) is 0 Å². The van der Waals surface area contributed by atoms with E-state index in [1.165, 1.54) is 11.1 Å².